The third kappa shape index (κ3) is 8.51. The molecule has 0 spiro atoms. The van der Waals surface area contributed by atoms with Crippen molar-refractivity contribution in [3.8, 4) is 0 Å². The van der Waals surface area contributed by atoms with Gasteiger partial charge < -0.3 is 20.7 Å². The van der Waals surface area contributed by atoms with Gasteiger partial charge in [0.15, 0.2) is 0 Å². The van der Waals surface area contributed by atoms with Crippen molar-refractivity contribution >= 4 is 58.6 Å². The molecule has 8 nitrogen and oxygen atoms in total. The van der Waals surface area contributed by atoms with Gasteiger partial charge in [0.1, 0.15) is 11.6 Å². The molecule has 1 aliphatic carbocycles. The number of anilines is 3. The number of rotatable bonds is 10. The maximum atomic E-state index is 14.7. The van der Waals surface area contributed by atoms with Crippen LogP contribution in [0.5, 0.6) is 0 Å². The number of likely N-dealkylation sites (tertiary alicyclic amines) is 1. The fourth-order valence-electron chi connectivity index (χ4n) is 5.45. The maximum Gasteiger partial charge on any atom is 0.341 e. The van der Waals surface area contributed by atoms with Gasteiger partial charge in [0.25, 0.3) is 0 Å². The van der Waals surface area contributed by atoms with E-state index in [-0.39, 0.29) is 40.4 Å². The van der Waals surface area contributed by atoms with Crippen LogP contribution < -0.4 is 16.0 Å². The fourth-order valence-corrected chi connectivity index (χ4v) is 5.82. The van der Waals surface area contributed by atoms with E-state index in [0.717, 1.165) is 25.6 Å². The van der Waals surface area contributed by atoms with E-state index in [1.807, 2.05) is 0 Å². The minimum atomic E-state index is -0.776. The number of carbonyl (C=O) groups excluding carboxylic acids is 3. The molecule has 1 saturated heterocycles. The highest BCUT2D eigenvalue weighted by Crippen LogP contribution is 2.40. The van der Waals surface area contributed by atoms with E-state index in [2.05, 4.69) is 10.2 Å². The lowest BCUT2D eigenvalue weighted by molar-refractivity contribution is -0.120. The highest BCUT2D eigenvalue weighted by atomic mass is 35.5. The molecule has 1 aliphatic heterocycles. The number of nitrogens with two attached hydrogens (primary N) is 1. The predicted molar refractivity (Wildman–Crippen MR) is 173 cm³/mol. The summed E-state index contributed by atoms with van der Waals surface area (Å²) in [5.41, 5.74) is 7.02. The van der Waals surface area contributed by atoms with Crippen LogP contribution in [0.15, 0.2) is 54.6 Å². The van der Waals surface area contributed by atoms with Crippen LogP contribution in [0.25, 0.3) is 0 Å². The number of nitrogen functional groups attached to an aromatic ring is 1. The molecule has 240 valence electrons. The van der Waals surface area contributed by atoms with Gasteiger partial charge in [-0.1, -0.05) is 41.4 Å². The van der Waals surface area contributed by atoms with Crippen molar-refractivity contribution in [2.75, 3.05) is 42.2 Å². The van der Waals surface area contributed by atoms with Crippen LogP contribution in [0.4, 0.5) is 25.8 Å². The first-order chi connectivity index (χ1) is 21.6. The van der Waals surface area contributed by atoms with Crippen molar-refractivity contribution < 1.29 is 27.9 Å². The van der Waals surface area contributed by atoms with E-state index in [1.165, 1.54) is 23.8 Å². The summed E-state index contributed by atoms with van der Waals surface area (Å²) < 4.78 is 33.1. The number of benzene rings is 3. The second-order valence-electron chi connectivity index (χ2n) is 10.9. The van der Waals surface area contributed by atoms with Gasteiger partial charge in [-0.25, -0.2) is 13.6 Å². The van der Waals surface area contributed by atoms with Crippen LogP contribution >= 0.6 is 23.2 Å². The molecule has 2 unspecified atom stereocenters. The molecule has 1 saturated carbocycles. The van der Waals surface area contributed by atoms with Crippen LogP contribution in [-0.2, 0) is 14.3 Å². The van der Waals surface area contributed by atoms with Gasteiger partial charge in [0.2, 0.25) is 12.3 Å². The Labute approximate surface area is 271 Å². The largest absolute Gasteiger partial charge is 0.462 e. The Hall–Kier alpha value is -3.73. The molecule has 1 heterocycles. The Morgan fingerprint density at radius 2 is 1.82 bits per heavy atom. The summed E-state index contributed by atoms with van der Waals surface area (Å²) in [6.45, 7) is 5.51. The van der Waals surface area contributed by atoms with Crippen molar-refractivity contribution in [1.29, 1.82) is 0 Å². The number of nitrogens with zero attached hydrogens (tertiary/aromatic N) is 2. The van der Waals surface area contributed by atoms with E-state index < -0.39 is 23.6 Å². The Kier molecular flexibility index (Phi) is 11.8. The van der Waals surface area contributed by atoms with E-state index in [1.54, 1.807) is 56.3 Å². The number of hydrogen-bond acceptors (Lipinski definition) is 6. The van der Waals surface area contributed by atoms with Gasteiger partial charge in [0, 0.05) is 35.8 Å². The average Bonchev–Trinajstić information content (AvgIpc) is 3.73. The summed E-state index contributed by atoms with van der Waals surface area (Å²) in [6, 6.07) is 13.9. The molecule has 3 aromatic carbocycles. The zero-order chi connectivity index (χ0) is 32.7. The predicted octanol–water partition coefficient (Wildman–Crippen LogP) is 6.91. The quantitative estimate of drug-likeness (QED) is 0.139. The average molecular weight is 662 g/mol. The molecule has 5 rings (SSSR count). The SMILES string of the molecule is CCOC(=O)c1cc(N)c(N(C=O)CC)cc1F.O=C(Nc1cccc(Cl)c1)C1C(c2cccc(Cl)c2F)CCN1CC1CC1. The summed E-state index contributed by atoms with van der Waals surface area (Å²) in [6.07, 6.45) is 3.69. The topological polar surface area (TPSA) is 105 Å². The van der Waals surface area contributed by atoms with Gasteiger partial charge in [0.05, 0.1) is 34.6 Å². The van der Waals surface area contributed by atoms with Crippen molar-refractivity contribution in [2.45, 2.75) is 45.1 Å². The lowest BCUT2D eigenvalue weighted by Gasteiger charge is -2.28. The zero-order valence-corrected chi connectivity index (χ0v) is 26.6. The van der Waals surface area contributed by atoms with E-state index in [0.29, 0.717) is 35.1 Å². The van der Waals surface area contributed by atoms with Crippen molar-refractivity contribution in [3.05, 3.63) is 87.4 Å². The number of hydrogen-bond donors (Lipinski definition) is 2. The smallest absolute Gasteiger partial charge is 0.341 e. The standard InChI is InChI=1S/C21H21Cl2FN2O.C12H15FN2O3/c22-14-3-1-4-15(11-14)25-21(27)20-17(9-10-26(20)12-13-7-8-13)16-5-2-6-18(23)19(16)24;1-3-15(7-16)11-6-9(13)8(5-10(11)14)12(17)18-4-2/h1-6,11,13,17,20H,7-10,12H2,(H,25,27);5-7H,3-4,14H2,1-2H3. The molecular weight excluding hydrogens is 625 g/mol. The molecule has 0 bridgehead atoms. The Morgan fingerprint density at radius 1 is 1.09 bits per heavy atom. The molecule has 3 aromatic rings. The second kappa shape index (κ2) is 15.5. The van der Waals surface area contributed by atoms with Crippen molar-refractivity contribution in [2.24, 2.45) is 5.92 Å². The number of carbonyl (C=O) groups is 3. The molecule has 2 amide bonds. The summed E-state index contributed by atoms with van der Waals surface area (Å²) in [7, 11) is 0. The maximum absolute atomic E-state index is 14.7. The molecular formula is C33H36Cl2F2N4O4. The molecule has 2 fully saturated rings. The Balaban J connectivity index is 0.000000224. The summed E-state index contributed by atoms with van der Waals surface area (Å²) in [5.74, 6) is -1.66. The number of amides is 2. The highest BCUT2D eigenvalue weighted by molar-refractivity contribution is 6.31. The molecule has 2 atom stereocenters. The lowest BCUT2D eigenvalue weighted by Crippen LogP contribution is -2.43. The lowest BCUT2D eigenvalue weighted by atomic mass is 9.90. The first-order valence-electron chi connectivity index (χ1n) is 14.8. The minimum absolute atomic E-state index is 0.0992. The monoisotopic (exact) mass is 660 g/mol. The highest BCUT2D eigenvalue weighted by Gasteiger charge is 2.43. The Morgan fingerprint density at radius 3 is 2.47 bits per heavy atom. The van der Waals surface area contributed by atoms with Gasteiger partial charge >= 0.3 is 5.97 Å². The molecule has 45 heavy (non-hydrogen) atoms. The zero-order valence-electron chi connectivity index (χ0n) is 25.1. The number of halogens is 4. The molecule has 0 aromatic heterocycles. The fraction of sp³-hybridized carbons (Fsp3) is 0.364. The minimum Gasteiger partial charge on any atom is -0.462 e. The normalized spacial score (nSPS) is 17.6. The van der Waals surface area contributed by atoms with Crippen LogP contribution in [0.1, 0.15) is 54.9 Å². The summed E-state index contributed by atoms with van der Waals surface area (Å²) in [4.78, 5) is 38.8. The first kappa shape index (κ1) is 34.1. The third-order valence-electron chi connectivity index (χ3n) is 7.82. The van der Waals surface area contributed by atoms with Gasteiger partial charge in [-0.15, -0.1) is 0 Å². The van der Waals surface area contributed by atoms with Crippen LogP contribution in [-0.4, -0.2) is 55.5 Å². The van der Waals surface area contributed by atoms with Crippen LogP contribution in [0.3, 0.4) is 0 Å². The van der Waals surface area contributed by atoms with Crippen molar-refractivity contribution in [1.82, 2.24) is 4.90 Å². The van der Waals surface area contributed by atoms with Gasteiger partial charge in [-0.3, -0.25) is 14.5 Å². The summed E-state index contributed by atoms with van der Waals surface area (Å²) >= 11 is 12.0. The van der Waals surface area contributed by atoms with E-state index in [4.69, 9.17) is 33.7 Å². The summed E-state index contributed by atoms with van der Waals surface area (Å²) in [5, 5.41) is 3.62. The molecule has 12 heteroatoms. The number of nitrogens with one attached hydrogen (secondary N) is 1. The van der Waals surface area contributed by atoms with E-state index in [9.17, 15) is 23.2 Å². The Bertz CT molecular complexity index is 1540. The van der Waals surface area contributed by atoms with Crippen LogP contribution in [0.2, 0.25) is 10.0 Å². The molecule has 2 aliphatic rings. The van der Waals surface area contributed by atoms with Crippen LogP contribution in [0, 0.1) is 17.6 Å². The van der Waals surface area contributed by atoms with Gasteiger partial charge in [-0.05, 0) is 81.5 Å². The second-order valence-corrected chi connectivity index (χ2v) is 11.8. The molecule has 0 radical (unpaired) electrons. The van der Waals surface area contributed by atoms with E-state index >= 15 is 0 Å². The van der Waals surface area contributed by atoms with Gasteiger partial charge in [-0.2, -0.15) is 0 Å². The first-order valence-corrected chi connectivity index (χ1v) is 15.6. The number of esters is 1. The molecule has 3 N–H and O–H groups in total. The van der Waals surface area contributed by atoms with Crippen molar-refractivity contribution in [3.63, 3.8) is 0 Å². The third-order valence-corrected chi connectivity index (χ3v) is 8.35. The number of ether oxygens (including phenoxy) is 1.